The molecule has 1 saturated heterocycles. The maximum Gasteiger partial charge on any atom is 0.277 e. The van der Waals surface area contributed by atoms with E-state index in [-0.39, 0.29) is 19.4 Å². The predicted octanol–water partition coefficient (Wildman–Crippen LogP) is 2.75. The molecule has 0 unspecified atom stereocenters. The van der Waals surface area contributed by atoms with E-state index in [0.717, 1.165) is 11.1 Å². The largest absolute Gasteiger partial charge is 0.341 e. The van der Waals surface area contributed by atoms with Crippen molar-refractivity contribution in [1.29, 1.82) is 0 Å². The first-order chi connectivity index (χ1) is 10.3. The van der Waals surface area contributed by atoms with Crippen LogP contribution in [-0.4, -0.2) is 47.8 Å². The normalized spacial score (nSPS) is 18.2. The molecule has 7 nitrogen and oxygen atoms in total. The Labute approximate surface area is 135 Å². The number of nitro groups is 1. The van der Waals surface area contributed by atoms with Gasteiger partial charge >= 0.3 is 0 Å². The number of nitrogens with zero attached hydrogens (tertiary/aromatic N) is 4. The average molecular weight is 329 g/mol. The molecule has 0 bridgehead atoms. The van der Waals surface area contributed by atoms with Gasteiger partial charge in [0, 0.05) is 18.6 Å². The monoisotopic (exact) mass is 328 g/mol. The summed E-state index contributed by atoms with van der Waals surface area (Å²) in [5.74, 6) is 0.275. The maximum absolute atomic E-state index is 10.7. The van der Waals surface area contributed by atoms with Crippen molar-refractivity contribution in [3.8, 4) is 0 Å². The molecule has 0 aliphatic carbocycles. The van der Waals surface area contributed by atoms with Gasteiger partial charge in [-0.3, -0.25) is 0 Å². The molecule has 0 radical (unpaired) electrons. The third-order valence-electron chi connectivity index (χ3n) is 2.99. The van der Waals surface area contributed by atoms with Crippen molar-refractivity contribution in [1.82, 2.24) is 9.80 Å². The Kier molecular flexibility index (Phi) is 7.07. The van der Waals surface area contributed by atoms with E-state index in [1.54, 1.807) is 16.8 Å². The molecule has 1 rings (SSSR count). The standard InChI is InChI=1S/C14H21ClN4O3/c1-5-12(6-7-13(15)11(2)3)8-18-10-22-9-17(4)14(18)16-19(20)21/h5-7H,8-10H2,1-4H3/b7-6-,12-5+,16-14+. The van der Waals surface area contributed by atoms with Gasteiger partial charge < -0.3 is 14.5 Å². The van der Waals surface area contributed by atoms with Crippen molar-refractivity contribution < 1.29 is 9.77 Å². The molecule has 22 heavy (non-hydrogen) atoms. The van der Waals surface area contributed by atoms with Crippen LogP contribution in [-0.2, 0) is 4.74 Å². The van der Waals surface area contributed by atoms with Gasteiger partial charge in [0.05, 0.1) is 0 Å². The van der Waals surface area contributed by atoms with E-state index in [0.29, 0.717) is 11.6 Å². The fourth-order valence-corrected chi connectivity index (χ4v) is 1.84. The highest BCUT2D eigenvalue weighted by Gasteiger charge is 2.25. The van der Waals surface area contributed by atoms with E-state index in [9.17, 15) is 10.1 Å². The molecule has 0 aromatic carbocycles. The van der Waals surface area contributed by atoms with E-state index < -0.39 is 5.03 Å². The molecule has 8 heteroatoms. The molecule has 1 aliphatic rings. The van der Waals surface area contributed by atoms with Gasteiger partial charge in [-0.25, -0.2) is 10.1 Å². The van der Waals surface area contributed by atoms with E-state index in [4.69, 9.17) is 16.3 Å². The van der Waals surface area contributed by atoms with Gasteiger partial charge in [-0.2, -0.15) is 0 Å². The van der Waals surface area contributed by atoms with Crippen molar-refractivity contribution in [3.63, 3.8) is 0 Å². The van der Waals surface area contributed by atoms with E-state index in [1.807, 2.05) is 39.0 Å². The summed E-state index contributed by atoms with van der Waals surface area (Å²) in [5, 5.41) is 14.1. The Morgan fingerprint density at radius 1 is 1.45 bits per heavy atom. The summed E-state index contributed by atoms with van der Waals surface area (Å²) in [4.78, 5) is 14.0. The molecule has 0 saturated carbocycles. The van der Waals surface area contributed by atoms with Crippen LogP contribution >= 0.6 is 11.6 Å². The molecule has 0 amide bonds. The second kappa shape index (κ2) is 8.55. The molecule has 1 aliphatic heterocycles. The van der Waals surface area contributed by atoms with Crippen LogP contribution in [0, 0.1) is 10.1 Å². The number of ether oxygens (including phenoxy) is 1. The summed E-state index contributed by atoms with van der Waals surface area (Å²) < 4.78 is 5.38. The summed E-state index contributed by atoms with van der Waals surface area (Å²) in [7, 11) is 1.69. The molecule has 0 N–H and O–H groups in total. The minimum Gasteiger partial charge on any atom is -0.341 e. The topological polar surface area (TPSA) is 71.2 Å². The van der Waals surface area contributed by atoms with Crippen molar-refractivity contribution in [2.75, 3.05) is 27.1 Å². The van der Waals surface area contributed by atoms with Gasteiger partial charge in [0.1, 0.15) is 18.6 Å². The third-order valence-corrected chi connectivity index (χ3v) is 3.50. The van der Waals surface area contributed by atoms with Crippen molar-refractivity contribution in [2.24, 2.45) is 5.10 Å². The van der Waals surface area contributed by atoms with Gasteiger partial charge in [0.2, 0.25) is 0 Å². The zero-order chi connectivity index (χ0) is 16.7. The summed E-state index contributed by atoms with van der Waals surface area (Å²) in [6, 6.07) is 0. The summed E-state index contributed by atoms with van der Waals surface area (Å²) in [5.41, 5.74) is 1.97. The van der Waals surface area contributed by atoms with E-state index in [2.05, 4.69) is 5.10 Å². The Morgan fingerprint density at radius 2 is 2.14 bits per heavy atom. The van der Waals surface area contributed by atoms with Crippen molar-refractivity contribution in [3.05, 3.63) is 44.5 Å². The average Bonchev–Trinajstić information content (AvgIpc) is 2.45. The fraction of sp³-hybridized carbons (Fsp3) is 0.500. The second-order valence-electron chi connectivity index (χ2n) is 5.04. The fourth-order valence-electron chi connectivity index (χ4n) is 1.78. The van der Waals surface area contributed by atoms with Crippen molar-refractivity contribution >= 4 is 17.6 Å². The van der Waals surface area contributed by atoms with Crippen LogP contribution in [0.3, 0.4) is 0 Å². The highest BCUT2D eigenvalue weighted by Crippen LogP contribution is 2.14. The molecule has 1 fully saturated rings. The van der Waals surface area contributed by atoms with Gasteiger partial charge in [0.15, 0.2) is 5.03 Å². The first kappa shape index (κ1) is 18.2. The first-order valence-electron chi connectivity index (χ1n) is 6.78. The molecular weight excluding hydrogens is 308 g/mol. The predicted molar refractivity (Wildman–Crippen MR) is 86.8 cm³/mol. The van der Waals surface area contributed by atoms with Crippen LogP contribution in [0.1, 0.15) is 20.8 Å². The molecule has 0 atom stereocenters. The lowest BCUT2D eigenvalue weighted by Crippen LogP contribution is -2.50. The molecule has 0 aromatic heterocycles. The van der Waals surface area contributed by atoms with E-state index >= 15 is 0 Å². The number of guanidine groups is 1. The molecule has 0 aromatic rings. The second-order valence-corrected chi connectivity index (χ2v) is 5.45. The number of hydrazone groups is 1. The molecule has 0 spiro atoms. The SMILES string of the molecule is C/C=C(\C=C/C(Cl)=C(C)C)CN1COCN(C)/C1=N\[N+](=O)[O-]. The zero-order valence-corrected chi connectivity index (χ0v) is 14.0. The lowest BCUT2D eigenvalue weighted by molar-refractivity contribution is -0.486. The Hall–Kier alpha value is -1.86. The van der Waals surface area contributed by atoms with Gasteiger partial charge in [0.25, 0.3) is 5.96 Å². The van der Waals surface area contributed by atoms with Crippen molar-refractivity contribution in [2.45, 2.75) is 20.8 Å². The quantitative estimate of drug-likeness (QED) is 0.441. The van der Waals surface area contributed by atoms with Crippen LogP contribution in [0.25, 0.3) is 0 Å². The maximum atomic E-state index is 10.7. The number of hydrogen-bond donors (Lipinski definition) is 0. The first-order valence-corrected chi connectivity index (χ1v) is 7.16. The molecule has 1 heterocycles. The van der Waals surface area contributed by atoms with Gasteiger partial charge in [-0.05, 0) is 32.4 Å². The Bertz CT molecular complexity index is 536. The van der Waals surface area contributed by atoms with Crippen LogP contribution in [0.2, 0.25) is 0 Å². The number of halogens is 1. The Balaban J connectivity index is 2.89. The molecular formula is C14H21ClN4O3. The Morgan fingerprint density at radius 3 is 2.68 bits per heavy atom. The zero-order valence-electron chi connectivity index (χ0n) is 13.2. The minimum atomic E-state index is -0.699. The number of hydrogen-bond acceptors (Lipinski definition) is 3. The van der Waals surface area contributed by atoms with Crippen LogP contribution < -0.4 is 0 Å². The number of rotatable bonds is 5. The smallest absolute Gasteiger partial charge is 0.277 e. The summed E-state index contributed by atoms with van der Waals surface area (Å²) in [6.07, 6.45) is 5.61. The van der Waals surface area contributed by atoms with Gasteiger partial charge in [-0.1, -0.05) is 29.3 Å². The highest BCUT2D eigenvalue weighted by atomic mass is 35.5. The summed E-state index contributed by atoms with van der Waals surface area (Å²) in [6.45, 7) is 6.72. The lowest BCUT2D eigenvalue weighted by Gasteiger charge is -2.34. The van der Waals surface area contributed by atoms with Crippen LogP contribution in [0.15, 0.2) is 39.5 Å². The third kappa shape index (κ3) is 5.50. The minimum absolute atomic E-state index is 0.249. The lowest BCUT2D eigenvalue weighted by atomic mass is 10.2. The van der Waals surface area contributed by atoms with Gasteiger partial charge in [-0.15, -0.1) is 0 Å². The highest BCUT2D eigenvalue weighted by molar-refractivity contribution is 6.31. The van der Waals surface area contributed by atoms with E-state index in [1.165, 1.54) is 0 Å². The summed E-state index contributed by atoms with van der Waals surface area (Å²) >= 11 is 6.09. The molecule has 122 valence electrons. The van der Waals surface area contributed by atoms with Crippen LogP contribution in [0.5, 0.6) is 0 Å². The van der Waals surface area contributed by atoms with Crippen LogP contribution in [0.4, 0.5) is 0 Å². The number of allylic oxidation sites excluding steroid dienone is 4.